The predicted molar refractivity (Wildman–Crippen MR) is 41.6 cm³/mol. The molecule has 0 aromatic rings. The smallest absolute Gasteiger partial charge is 0.220 e. The third kappa shape index (κ3) is 3.45. The summed E-state index contributed by atoms with van der Waals surface area (Å²) in [4.78, 5) is 10.4. The Morgan fingerprint density at radius 2 is 2.20 bits per heavy atom. The molecule has 0 aromatic heterocycles. The summed E-state index contributed by atoms with van der Waals surface area (Å²) in [7, 11) is 0. The minimum Gasteiger partial charge on any atom is -0.355 e. The van der Waals surface area contributed by atoms with Gasteiger partial charge in [0, 0.05) is 19.0 Å². The van der Waals surface area contributed by atoms with E-state index in [0.717, 1.165) is 6.42 Å². The van der Waals surface area contributed by atoms with Crippen molar-refractivity contribution in [2.45, 2.75) is 32.7 Å². The van der Waals surface area contributed by atoms with E-state index in [1.165, 1.54) is 0 Å². The van der Waals surface area contributed by atoms with Gasteiger partial charge < -0.3 is 11.1 Å². The third-order valence-electron chi connectivity index (χ3n) is 1.30. The summed E-state index contributed by atoms with van der Waals surface area (Å²) < 4.78 is 0. The van der Waals surface area contributed by atoms with Gasteiger partial charge in [0.05, 0.1) is 0 Å². The van der Waals surface area contributed by atoms with E-state index in [1.807, 2.05) is 13.8 Å². The van der Waals surface area contributed by atoms with Crippen LogP contribution in [0.3, 0.4) is 0 Å². The molecular formula is C7H16N2O. The minimum absolute atomic E-state index is 0.131. The Balaban J connectivity index is 0.000000371. The Morgan fingerprint density at radius 3 is 2.50 bits per heavy atom. The molecule has 0 saturated carbocycles. The fourth-order valence-electron chi connectivity index (χ4n) is 0.752. The monoisotopic (exact) mass is 144 g/mol. The van der Waals surface area contributed by atoms with E-state index in [0.29, 0.717) is 13.0 Å². The van der Waals surface area contributed by atoms with Gasteiger partial charge in [-0.25, -0.2) is 0 Å². The normalized spacial score (nSPS) is 24.3. The van der Waals surface area contributed by atoms with Crippen molar-refractivity contribution in [3.8, 4) is 0 Å². The van der Waals surface area contributed by atoms with Crippen LogP contribution in [0.2, 0.25) is 0 Å². The average molecular weight is 144 g/mol. The first-order valence-corrected chi connectivity index (χ1v) is 3.81. The van der Waals surface area contributed by atoms with Crippen molar-refractivity contribution in [2.75, 3.05) is 6.54 Å². The average Bonchev–Trinajstić information content (AvgIpc) is 2.00. The van der Waals surface area contributed by atoms with E-state index in [-0.39, 0.29) is 11.9 Å². The van der Waals surface area contributed by atoms with Crippen molar-refractivity contribution in [1.82, 2.24) is 5.32 Å². The lowest BCUT2D eigenvalue weighted by atomic mass is 10.1. The van der Waals surface area contributed by atoms with Crippen LogP contribution < -0.4 is 11.1 Å². The van der Waals surface area contributed by atoms with Gasteiger partial charge in [-0.15, -0.1) is 0 Å². The second-order valence-corrected chi connectivity index (χ2v) is 2.10. The van der Waals surface area contributed by atoms with Gasteiger partial charge >= 0.3 is 0 Å². The first kappa shape index (κ1) is 9.43. The van der Waals surface area contributed by atoms with E-state index in [2.05, 4.69) is 5.32 Å². The highest BCUT2D eigenvalue weighted by Crippen LogP contribution is 1.98. The van der Waals surface area contributed by atoms with Crippen LogP contribution in [0.5, 0.6) is 0 Å². The van der Waals surface area contributed by atoms with Gasteiger partial charge in [-0.3, -0.25) is 4.79 Å². The molecule has 0 aromatic carbocycles. The molecule has 0 aliphatic carbocycles. The quantitative estimate of drug-likeness (QED) is 0.512. The van der Waals surface area contributed by atoms with E-state index in [1.54, 1.807) is 0 Å². The number of nitrogens with one attached hydrogen (secondary N) is 1. The molecule has 0 radical (unpaired) electrons. The molecular weight excluding hydrogens is 128 g/mol. The molecule has 3 N–H and O–H groups in total. The Labute approximate surface area is 62.0 Å². The van der Waals surface area contributed by atoms with Crippen LogP contribution in [0.15, 0.2) is 0 Å². The van der Waals surface area contributed by atoms with E-state index in [9.17, 15) is 4.79 Å². The highest BCUT2D eigenvalue weighted by molar-refractivity contribution is 5.76. The maximum absolute atomic E-state index is 10.4. The van der Waals surface area contributed by atoms with Gasteiger partial charge in [-0.1, -0.05) is 13.8 Å². The topological polar surface area (TPSA) is 55.1 Å². The maximum Gasteiger partial charge on any atom is 0.220 e. The molecule has 1 amide bonds. The Morgan fingerprint density at radius 1 is 1.60 bits per heavy atom. The Bertz CT molecular complexity index is 93.8. The summed E-state index contributed by atoms with van der Waals surface area (Å²) in [6, 6.07) is 0.188. The molecule has 1 rings (SSSR count). The molecule has 1 atom stereocenters. The number of hydrogen-bond acceptors (Lipinski definition) is 2. The van der Waals surface area contributed by atoms with Crippen molar-refractivity contribution in [3.05, 3.63) is 0 Å². The lowest BCUT2D eigenvalue weighted by Gasteiger charge is -2.17. The summed E-state index contributed by atoms with van der Waals surface area (Å²) in [6.07, 6.45) is 1.44. The first-order valence-electron chi connectivity index (χ1n) is 3.81. The molecule has 1 unspecified atom stereocenters. The molecule has 1 aliphatic rings. The van der Waals surface area contributed by atoms with E-state index in [4.69, 9.17) is 5.73 Å². The predicted octanol–water partition coefficient (Wildman–Crippen LogP) is 0.250. The number of piperidine rings is 1. The van der Waals surface area contributed by atoms with Crippen molar-refractivity contribution in [1.29, 1.82) is 0 Å². The number of nitrogens with two attached hydrogens (primary N) is 1. The second kappa shape index (κ2) is 5.23. The number of hydrogen-bond donors (Lipinski definition) is 2. The zero-order chi connectivity index (χ0) is 7.98. The van der Waals surface area contributed by atoms with E-state index < -0.39 is 0 Å². The van der Waals surface area contributed by atoms with Crippen LogP contribution in [0.4, 0.5) is 0 Å². The molecule has 1 aliphatic heterocycles. The summed E-state index contributed by atoms with van der Waals surface area (Å²) in [5, 5.41) is 2.67. The highest BCUT2D eigenvalue weighted by atomic mass is 16.1. The highest BCUT2D eigenvalue weighted by Gasteiger charge is 2.12. The lowest BCUT2D eigenvalue weighted by Crippen LogP contribution is -2.42. The fourth-order valence-corrected chi connectivity index (χ4v) is 0.752. The van der Waals surface area contributed by atoms with Gasteiger partial charge in [-0.05, 0) is 6.42 Å². The standard InChI is InChI=1S/C5H10N2O.C2H6/c6-4-1-2-5(8)7-3-4;1-2/h4H,1-3,6H2,(H,7,8);1-2H3. The molecule has 1 fully saturated rings. The van der Waals surface area contributed by atoms with Gasteiger partial charge in [0.15, 0.2) is 0 Å². The zero-order valence-electron chi connectivity index (χ0n) is 6.68. The van der Waals surface area contributed by atoms with Crippen LogP contribution >= 0.6 is 0 Å². The molecule has 1 saturated heterocycles. The summed E-state index contributed by atoms with van der Waals surface area (Å²) in [5.74, 6) is 0.131. The second-order valence-electron chi connectivity index (χ2n) is 2.10. The molecule has 3 heteroatoms. The van der Waals surface area contributed by atoms with Gasteiger partial charge in [0.25, 0.3) is 0 Å². The number of amides is 1. The maximum atomic E-state index is 10.4. The first-order chi connectivity index (χ1) is 4.79. The third-order valence-corrected chi connectivity index (χ3v) is 1.30. The Hall–Kier alpha value is -0.570. The largest absolute Gasteiger partial charge is 0.355 e. The van der Waals surface area contributed by atoms with Crippen LogP contribution in [0, 0.1) is 0 Å². The van der Waals surface area contributed by atoms with Crippen LogP contribution in [0.25, 0.3) is 0 Å². The van der Waals surface area contributed by atoms with Crippen molar-refractivity contribution in [2.24, 2.45) is 5.73 Å². The molecule has 3 nitrogen and oxygen atoms in total. The SMILES string of the molecule is CC.NC1CCC(=O)NC1. The zero-order valence-corrected chi connectivity index (χ0v) is 6.68. The number of carbonyl (C=O) groups excluding carboxylic acids is 1. The van der Waals surface area contributed by atoms with Gasteiger partial charge in [0.1, 0.15) is 0 Å². The molecule has 60 valence electrons. The van der Waals surface area contributed by atoms with E-state index >= 15 is 0 Å². The Kier molecular flexibility index (Phi) is 4.94. The minimum atomic E-state index is 0.131. The number of carbonyl (C=O) groups is 1. The van der Waals surface area contributed by atoms with Crippen molar-refractivity contribution < 1.29 is 4.79 Å². The summed E-state index contributed by atoms with van der Waals surface area (Å²) >= 11 is 0. The molecule has 10 heavy (non-hydrogen) atoms. The molecule has 1 heterocycles. The summed E-state index contributed by atoms with van der Waals surface area (Å²) in [6.45, 7) is 4.65. The lowest BCUT2D eigenvalue weighted by molar-refractivity contribution is -0.122. The van der Waals surface area contributed by atoms with Crippen LogP contribution in [0.1, 0.15) is 26.7 Å². The molecule has 0 bridgehead atoms. The van der Waals surface area contributed by atoms with Crippen molar-refractivity contribution in [3.63, 3.8) is 0 Å². The van der Waals surface area contributed by atoms with Gasteiger partial charge in [-0.2, -0.15) is 0 Å². The summed E-state index contributed by atoms with van der Waals surface area (Å²) in [5.41, 5.74) is 5.48. The molecule has 0 spiro atoms. The number of rotatable bonds is 0. The van der Waals surface area contributed by atoms with Crippen LogP contribution in [-0.2, 0) is 4.79 Å². The fraction of sp³-hybridized carbons (Fsp3) is 0.857. The van der Waals surface area contributed by atoms with Gasteiger partial charge in [0.2, 0.25) is 5.91 Å². The van der Waals surface area contributed by atoms with Crippen LogP contribution in [-0.4, -0.2) is 18.5 Å². The van der Waals surface area contributed by atoms with Crippen molar-refractivity contribution >= 4 is 5.91 Å².